The Morgan fingerprint density at radius 2 is 1.77 bits per heavy atom. The van der Waals surface area contributed by atoms with Gasteiger partial charge in [-0.25, -0.2) is 0 Å². The van der Waals surface area contributed by atoms with E-state index in [4.69, 9.17) is 0 Å². The fourth-order valence-electron chi connectivity index (χ4n) is 2.46. The average Bonchev–Trinajstić information content (AvgIpc) is 2.53. The summed E-state index contributed by atoms with van der Waals surface area (Å²) in [4.78, 5) is 12.2. The summed E-state index contributed by atoms with van der Waals surface area (Å²) in [6, 6.07) is 14.3. The molecular weight excluding hydrogens is 274 g/mol. The first-order valence-corrected chi connectivity index (χ1v) is 7.93. The number of carbonyl (C=O) groups excluding carboxylic acids is 1. The highest BCUT2D eigenvalue weighted by Crippen LogP contribution is 2.21. The molecule has 2 rings (SSSR count). The van der Waals surface area contributed by atoms with Gasteiger partial charge in [0.2, 0.25) is 5.91 Å². The quantitative estimate of drug-likeness (QED) is 0.858. The number of fused-ring (bicyclic) bond motifs is 1. The first kappa shape index (κ1) is 16.5. The molecule has 0 aliphatic heterocycles. The SMILES string of the molecule is CC(C(=O)NCCC(O)C(C)C)c1ccc2ccccc2c1. The maximum absolute atomic E-state index is 12.2. The lowest BCUT2D eigenvalue weighted by Crippen LogP contribution is -2.31. The second-order valence-corrected chi connectivity index (χ2v) is 6.22. The van der Waals surface area contributed by atoms with E-state index in [0.717, 1.165) is 10.9 Å². The third-order valence-corrected chi connectivity index (χ3v) is 4.18. The number of hydrogen-bond donors (Lipinski definition) is 2. The van der Waals surface area contributed by atoms with Crippen LogP contribution in [0.4, 0.5) is 0 Å². The van der Waals surface area contributed by atoms with Crippen molar-refractivity contribution >= 4 is 16.7 Å². The molecule has 0 saturated heterocycles. The van der Waals surface area contributed by atoms with E-state index in [9.17, 15) is 9.90 Å². The molecule has 0 fully saturated rings. The highest BCUT2D eigenvalue weighted by molar-refractivity contribution is 5.87. The van der Waals surface area contributed by atoms with Gasteiger partial charge < -0.3 is 10.4 Å². The molecule has 118 valence electrons. The average molecular weight is 299 g/mol. The molecule has 3 nitrogen and oxygen atoms in total. The second-order valence-electron chi connectivity index (χ2n) is 6.22. The summed E-state index contributed by atoms with van der Waals surface area (Å²) in [5.74, 6) is 0.0295. The number of nitrogens with one attached hydrogen (secondary N) is 1. The Hall–Kier alpha value is -1.87. The summed E-state index contributed by atoms with van der Waals surface area (Å²) >= 11 is 0. The topological polar surface area (TPSA) is 49.3 Å². The van der Waals surface area contributed by atoms with E-state index < -0.39 is 0 Å². The number of aliphatic hydroxyl groups excluding tert-OH is 1. The lowest BCUT2D eigenvalue weighted by atomic mass is 9.97. The first-order chi connectivity index (χ1) is 10.5. The summed E-state index contributed by atoms with van der Waals surface area (Å²) in [7, 11) is 0. The van der Waals surface area contributed by atoms with Crippen LogP contribution < -0.4 is 5.32 Å². The van der Waals surface area contributed by atoms with Crippen LogP contribution in [0, 0.1) is 5.92 Å². The van der Waals surface area contributed by atoms with Gasteiger partial charge in [0, 0.05) is 6.54 Å². The van der Waals surface area contributed by atoms with Gasteiger partial charge in [-0.1, -0.05) is 56.3 Å². The lowest BCUT2D eigenvalue weighted by Gasteiger charge is -2.17. The number of benzene rings is 2. The minimum atomic E-state index is -0.365. The molecule has 0 aliphatic carbocycles. The van der Waals surface area contributed by atoms with Crippen LogP contribution in [0.15, 0.2) is 42.5 Å². The summed E-state index contributed by atoms with van der Waals surface area (Å²) in [6.45, 7) is 6.38. The van der Waals surface area contributed by atoms with Crippen molar-refractivity contribution in [1.82, 2.24) is 5.32 Å². The monoisotopic (exact) mass is 299 g/mol. The zero-order valence-corrected chi connectivity index (χ0v) is 13.5. The van der Waals surface area contributed by atoms with Crippen molar-refractivity contribution in [2.75, 3.05) is 6.54 Å². The van der Waals surface area contributed by atoms with Gasteiger partial charge in [0.05, 0.1) is 12.0 Å². The molecule has 0 heterocycles. The number of rotatable bonds is 6. The molecule has 0 spiro atoms. The minimum absolute atomic E-state index is 0.00578. The Balaban J connectivity index is 1.97. The second kappa shape index (κ2) is 7.41. The Morgan fingerprint density at radius 1 is 1.09 bits per heavy atom. The van der Waals surface area contributed by atoms with Gasteiger partial charge in [-0.3, -0.25) is 4.79 Å². The molecule has 0 aliphatic rings. The standard InChI is InChI=1S/C19H25NO2/c1-13(2)18(21)10-11-20-19(22)14(3)16-9-8-15-6-4-5-7-17(15)12-16/h4-9,12-14,18,21H,10-11H2,1-3H3,(H,20,22). The Morgan fingerprint density at radius 3 is 2.45 bits per heavy atom. The molecule has 0 bridgehead atoms. The lowest BCUT2D eigenvalue weighted by molar-refractivity contribution is -0.122. The molecule has 2 N–H and O–H groups in total. The summed E-state index contributed by atoms with van der Waals surface area (Å²) in [6.07, 6.45) is 0.227. The van der Waals surface area contributed by atoms with Gasteiger partial charge in [-0.15, -0.1) is 0 Å². The van der Waals surface area contributed by atoms with Crippen molar-refractivity contribution in [3.05, 3.63) is 48.0 Å². The van der Waals surface area contributed by atoms with Gasteiger partial charge in [0.15, 0.2) is 0 Å². The summed E-state index contributed by atoms with van der Waals surface area (Å²) < 4.78 is 0. The number of hydrogen-bond acceptors (Lipinski definition) is 2. The Kier molecular flexibility index (Phi) is 5.56. The van der Waals surface area contributed by atoms with Crippen LogP contribution in [0.3, 0.4) is 0 Å². The van der Waals surface area contributed by atoms with Gasteiger partial charge in [0.25, 0.3) is 0 Å². The number of amides is 1. The van der Waals surface area contributed by atoms with E-state index in [2.05, 4.69) is 29.6 Å². The Bertz CT molecular complexity index is 636. The van der Waals surface area contributed by atoms with E-state index in [0.29, 0.717) is 13.0 Å². The highest BCUT2D eigenvalue weighted by Gasteiger charge is 2.16. The van der Waals surface area contributed by atoms with Crippen LogP contribution in [-0.4, -0.2) is 23.7 Å². The van der Waals surface area contributed by atoms with Crippen molar-refractivity contribution in [3.63, 3.8) is 0 Å². The molecule has 0 saturated carbocycles. The van der Waals surface area contributed by atoms with Crippen molar-refractivity contribution in [1.29, 1.82) is 0 Å². The van der Waals surface area contributed by atoms with Crippen molar-refractivity contribution in [3.8, 4) is 0 Å². The van der Waals surface area contributed by atoms with Crippen LogP contribution in [0.1, 0.15) is 38.7 Å². The third kappa shape index (κ3) is 4.08. The van der Waals surface area contributed by atoms with Crippen LogP contribution in [-0.2, 0) is 4.79 Å². The maximum Gasteiger partial charge on any atom is 0.227 e. The Labute approximate surface area is 132 Å². The van der Waals surface area contributed by atoms with Gasteiger partial charge in [-0.05, 0) is 35.6 Å². The van der Waals surface area contributed by atoms with Gasteiger partial charge in [-0.2, -0.15) is 0 Å². The number of carbonyl (C=O) groups is 1. The van der Waals surface area contributed by atoms with Crippen molar-refractivity contribution < 1.29 is 9.90 Å². The highest BCUT2D eigenvalue weighted by atomic mass is 16.3. The predicted octanol–water partition coefficient (Wildman–Crippen LogP) is 3.47. The van der Waals surface area contributed by atoms with Crippen LogP contribution in [0.25, 0.3) is 10.8 Å². The van der Waals surface area contributed by atoms with Gasteiger partial charge >= 0.3 is 0 Å². The van der Waals surface area contributed by atoms with E-state index >= 15 is 0 Å². The fourth-order valence-corrected chi connectivity index (χ4v) is 2.46. The van der Waals surface area contributed by atoms with E-state index in [1.54, 1.807) is 0 Å². The van der Waals surface area contributed by atoms with Crippen molar-refractivity contribution in [2.24, 2.45) is 5.92 Å². The molecular formula is C19H25NO2. The minimum Gasteiger partial charge on any atom is -0.393 e. The summed E-state index contributed by atoms with van der Waals surface area (Å²) in [5.41, 5.74) is 1.01. The molecule has 2 aromatic carbocycles. The molecule has 2 aromatic rings. The molecule has 2 atom stereocenters. The largest absolute Gasteiger partial charge is 0.393 e. The van der Waals surface area contributed by atoms with Gasteiger partial charge in [0.1, 0.15) is 0 Å². The first-order valence-electron chi connectivity index (χ1n) is 7.93. The molecule has 3 heteroatoms. The summed E-state index contributed by atoms with van der Waals surface area (Å²) in [5, 5.41) is 15.0. The zero-order chi connectivity index (χ0) is 16.1. The van der Waals surface area contributed by atoms with Crippen LogP contribution >= 0.6 is 0 Å². The predicted molar refractivity (Wildman–Crippen MR) is 90.8 cm³/mol. The molecule has 0 radical (unpaired) electrons. The van der Waals surface area contributed by atoms with Crippen molar-refractivity contribution in [2.45, 2.75) is 39.2 Å². The van der Waals surface area contributed by atoms with E-state index in [1.807, 2.05) is 39.0 Å². The maximum atomic E-state index is 12.2. The molecule has 2 unspecified atom stereocenters. The van der Waals surface area contributed by atoms with Crippen LogP contribution in [0.5, 0.6) is 0 Å². The normalized spacial score (nSPS) is 14.0. The smallest absolute Gasteiger partial charge is 0.227 e. The van der Waals surface area contributed by atoms with Crippen LogP contribution in [0.2, 0.25) is 0 Å². The third-order valence-electron chi connectivity index (χ3n) is 4.18. The fraction of sp³-hybridized carbons (Fsp3) is 0.421. The van der Waals surface area contributed by atoms with E-state index in [1.165, 1.54) is 5.39 Å². The molecule has 0 aromatic heterocycles. The van der Waals surface area contributed by atoms with E-state index in [-0.39, 0.29) is 23.8 Å². The molecule has 1 amide bonds. The number of aliphatic hydroxyl groups is 1. The zero-order valence-electron chi connectivity index (χ0n) is 13.5. The molecule has 22 heavy (non-hydrogen) atoms.